The van der Waals surface area contributed by atoms with Crippen LogP contribution in [0.4, 0.5) is 22.0 Å². The topological polar surface area (TPSA) is 110 Å². The normalized spacial score (nSPS) is 31.3. The summed E-state index contributed by atoms with van der Waals surface area (Å²) >= 11 is 0. The average molecular weight is 645 g/mol. The van der Waals surface area contributed by atoms with Gasteiger partial charge in [-0.15, -0.1) is 0 Å². The van der Waals surface area contributed by atoms with E-state index < -0.39 is 55.6 Å². The second kappa shape index (κ2) is 12.4. The summed E-state index contributed by atoms with van der Waals surface area (Å²) in [5, 5.41) is 10.8. The molecule has 2 saturated carbocycles. The molecule has 238 valence electrons. The number of phosphoric ester groups is 1. The van der Waals surface area contributed by atoms with Crippen molar-refractivity contribution in [1.82, 2.24) is 0 Å². The Bertz CT molecular complexity index is 1230. The Morgan fingerprint density at radius 2 is 1.83 bits per heavy atom. The molecule has 42 heavy (non-hydrogen) atoms. The summed E-state index contributed by atoms with van der Waals surface area (Å²) in [5.41, 5.74) is 1.79. The molecule has 3 aliphatic carbocycles. The summed E-state index contributed by atoms with van der Waals surface area (Å²) in [6, 6.07) is 5.11. The molecule has 7 nitrogen and oxygen atoms in total. The molecule has 0 amide bonds. The van der Waals surface area contributed by atoms with Gasteiger partial charge in [0.25, 0.3) is 0 Å². The van der Waals surface area contributed by atoms with E-state index in [-0.39, 0.29) is 46.3 Å². The Morgan fingerprint density at radius 1 is 1.14 bits per heavy atom. The van der Waals surface area contributed by atoms with Crippen LogP contribution in [-0.2, 0) is 31.1 Å². The van der Waals surface area contributed by atoms with Crippen LogP contribution in [-0.4, -0.2) is 49.9 Å². The molecular weight excluding hydrogens is 606 g/mol. The number of aliphatic hydroxyl groups excluding tert-OH is 1. The van der Waals surface area contributed by atoms with Gasteiger partial charge in [0.15, 0.2) is 0 Å². The van der Waals surface area contributed by atoms with Crippen molar-refractivity contribution in [2.24, 2.45) is 23.2 Å². The number of hydrogen-bond donors (Lipinski definition) is 2. The van der Waals surface area contributed by atoms with Crippen LogP contribution in [0.3, 0.4) is 0 Å². The van der Waals surface area contributed by atoms with Gasteiger partial charge in [-0.25, -0.2) is 4.57 Å². The number of alkyl halides is 5. The number of benzene rings is 1. The fraction of sp³-hybridized carbons (Fsp3) is 0.750. The van der Waals surface area contributed by atoms with Crippen LogP contribution in [0.5, 0.6) is 5.75 Å². The second-order valence-corrected chi connectivity index (χ2v) is 15.2. The highest BCUT2D eigenvalue weighted by molar-refractivity contribution is 7.84. The van der Waals surface area contributed by atoms with Crippen LogP contribution in [0.25, 0.3) is 0 Å². The summed E-state index contributed by atoms with van der Waals surface area (Å²) in [5.74, 6) is -4.98. The fourth-order valence-corrected chi connectivity index (χ4v) is 9.50. The maximum atomic E-state index is 13.2. The summed E-state index contributed by atoms with van der Waals surface area (Å²) < 4.78 is 97.8. The SMILES string of the molecule is CC(=O)OP(=O)(O)Oc1ccc2c(c1)C[C@@H](CCCS(=O)CCCC(F)(F)C(F)(F)F)[C@@H]1[C@@H]2CC[C@]2(C)[C@@H](O)CC[C@@H]12. The van der Waals surface area contributed by atoms with Gasteiger partial charge in [-0.3, -0.25) is 13.9 Å². The van der Waals surface area contributed by atoms with E-state index in [0.29, 0.717) is 25.7 Å². The molecule has 2 unspecified atom stereocenters. The van der Waals surface area contributed by atoms with Crippen molar-refractivity contribution < 1.29 is 54.6 Å². The van der Waals surface area contributed by atoms with Crippen molar-refractivity contribution in [3.8, 4) is 5.75 Å². The van der Waals surface area contributed by atoms with E-state index in [0.717, 1.165) is 37.3 Å². The van der Waals surface area contributed by atoms with Crippen LogP contribution in [0, 0.1) is 23.2 Å². The zero-order valence-corrected chi connectivity index (χ0v) is 25.3. The van der Waals surface area contributed by atoms with Crippen molar-refractivity contribution >= 4 is 24.6 Å². The van der Waals surface area contributed by atoms with E-state index in [9.17, 15) is 45.5 Å². The molecule has 3 aliphatic rings. The molecule has 0 bridgehead atoms. The Kier molecular flexibility index (Phi) is 9.88. The number of hydrogen-bond acceptors (Lipinski definition) is 6. The maximum Gasteiger partial charge on any atom is 0.587 e. The molecule has 0 aromatic heterocycles. The lowest BCUT2D eigenvalue weighted by Crippen LogP contribution is -2.47. The van der Waals surface area contributed by atoms with E-state index in [1.165, 1.54) is 0 Å². The van der Waals surface area contributed by atoms with Gasteiger partial charge in [0.1, 0.15) is 5.75 Å². The van der Waals surface area contributed by atoms with Gasteiger partial charge in [-0.1, -0.05) is 13.0 Å². The van der Waals surface area contributed by atoms with E-state index in [1.54, 1.807) is 12.1 Å². The number of halogens is 5. The number of carbonyl (C=O) groups excluding carboxylic acids is 1. The van der Waals surface area contributed by atoms with Crippen LogP contribution < -0.4 is 4.52 Å². The summed E-state index contributed by atoms with van der Waals surface area (Å²) in [6.45, 7) is 3.13. The smallest absolute Gasteiger partial charge is 0.395 e. The molecule has 0 saturated heterocycles. The minimum Gasteiger partial charge on any atom is -0.395 e. The molecule has 2 N–H and O–H groups in total. The van der Waals surface area contributed by atoms with Gasteiger partial charge in [-0.2, -0.15) is 22.0 Å². The molecule has 1 aromatic rings. The summed E-state index contributed by atoms with van der Waals surface area (Å²) in [7, 11) is -6.20. The molecule has 0 heterocycles. The zero-order chi connectivity index (χ0) is 31.1. The van der Waals surface area contributed by atoms with Crippen molar-refractivity contribution in [3.05, 3.63) is 29.3 Å². The number of rotatable bonds is 11. The Hall–Kier alpha value is -1.56. The van der Waals surface area contributed by atoms with Crippen molar-refractivity contribution in [2.45, 2.75) is 95.8 Å². The highest BCUT2D eigenvalue weighted by Crippen LogP contribution is 2.63. The Morgan fingerprint density at radius 3 is 2.50 bits per heavy atom. The largest absolute Gasteiger partial charge is 0.587 e. The number of carbonyl (C=O) groups is 1. The van der Waals surface area contributed by atoms with Gasteiger partial charge < -0.3 is 14.2 Å². The molecule has 14 heteroatoms. The third-order valence-corrected chi connectivity index (χ3v) is 11.9. The first-order valence-corrected chi connectivity index (χ1v) is 17.2. The molecule has 8 atom stereocenters. The van der Waals surface area contributed by atoms with Gasteiger partial charge in [0, 0.05) is 35.6 Å². The van der Waals surface area contributed by atoms with Crippen molar-refractivity contribution in [2.75, 3.05) is 11.5 Å². The summed E-state index contributed by atoms with van der Waals surface area (Å²) in [6.07, 6.45) is -2.92. The first-order chi connectivity index (χ1) is 19.4. The third-order valence-electron chi connectivity index (χ3n) is 9.51. The molecular formula is C28H38F5O7PS. The predicted octanol–water partition coefficient (Wildman–Crippen LogP) is 6.68. The van der Waals surface area contributed by atoms with E-state index in [1.807, 2.05) is 6.07 Å². The van der Waals surface area contributed by atoms with E-state index >= 15 is 0 Å². The quantitative estimate of drug-likeness (QED) is 0.204. The van der Waals surface area contributed by atoms with Gasteiger partial charge >= 0.3 is 25.9 Å². The van der Waals surface area contributed by atoms with E-state index in [4.69, 9.17) is 4.52 Å². The maximum absolute atomic E-state index is 13.2. The molecule has 0 spiro atoms. The first-order valence-electron chi connectivity index (χ1n) is 14.3. The van der Waals surface area contributed by atoms with Crippen LogP contribution >= 0.6 is 7.82 Å². The first kappa shape index (κ1) is 33.3. The predicted molar refractivity (Wildman–Crippen MR) is 146 cm³/mol. The van der Waals surface area contributed by atoms with Gasteiger partial charge in [-0.05, 0) is 104 Å². The summed E-state index contributed by atoms with van der Waals surface area (Å²) in [4.78, 5) is 21.1. The number of phosphoric acid groups is 1. The van der Waals surface area contributed by atoms with Crippen LogP contribution in [0.2, 0.25) is 0 Å². The molecule has 0 aliphatic heterocycles. The fourth-order valence-electron chi connectivity index (χ4n) is 7.60. The van der Waals surface area contributed by atoms with Crippen molar-refractivity contribution in [3.63, 3.8) is 0 Å². The zero-order valence-electron chi connectivity index (χ0n) is 23.6. The lowest BCUT2D eigenvalue weighted by Gasteiger charge is -2.53. The Labute approximate surface area is 244 Å². The van der Waals surface area contributed by atoms with Crippen molar-refractivity contribution in [1.29, 1.82) is 0 Å². The van der Waals surface area contributed by atoms with Crippen LogP contribution in [0.15, 0.2) is 18.2 Å². The lowest BCUT2D eigenvalue weighted by molar-refractivity contribution is -0.284. The number of aliphatic hydroxyl groups is 1. The standard InChI is InChI=1S/C28H38F5O7PS/c1-17(34)39-41(36,37)40-20-6-7-21-19(16-20)15-18(25-22(21)10-12-26(2)23(25)8-9-24(26)35)5-3-13-42(38)14-4-11-27(29,30)28(31,32)33/h6-7,16,18,22-25,35H,3-5,8-15H2,1-2H3,(H,36,37)/t18-,22-,23+,24+,25-,26+,42?/m1/s1. The highest BCUT2D eigenvalue weighted by atomic mass is 32.2. The highest BCUT2D eigenvalue weighted by Gasteiger charge is 2.57. The monoisotopic (exact) mass is 644 g/mol. The van der Waals surface area contributed by atoms with Gasteiger partial charge in [0.2, 0.25) is 0 Å². The molecule has 0 radical (unpaired) electrons. The molecule has 2 fully saturated rings. The van der Waals surface area contributed by atoms with Gasteiger partial charge in [0.05, 0.1) is 6.10 Å². The number of fused-ring (bicyclic) bond motifs is 5. The Balaban J connectivity index is 1.47. The molecule has 4 rings (SSSR count). The third kappa shape index (κ3) is 7.21. The minimum atomic E-state index is -5.62. The average Bonchev–Trinajstić information content (AvgIpc) is 3.16. The van der Waals surface area contributed by atoms with E-state index in [2.05, 4.69) is 11.4 Å². The second-order valence-electron chi connectivity index (χ2n) is 12.2. The lowest BCUT2D eigenvalue weighted by atomic mass is 9.52. The minimum absolute atomic E-state index is 0.0757. The molecule has 1 aromatic carbocycles. The van der Waals surface area contributed by atoms with Crippen LogP contribution in [0.1, 0.15) is 82.3 Å².